The Kier molecular flexibility index (Phi) is 5.42. The molecule has 0 amide bonds. The van der Waals surface area contributed by atoms with Gasteiger partial charge in [0.15, 0.2) is 0 Å². The van der Waals surface area contributed by atoms with Crippen molar-refractivity contribution in [2.45, 2.75) is 19.9 Å². The van der Waals surface area contributed by atoms with E-state index in [9.17, 15) is 4.79 Å². The van der Waals surface area contributed by atoms with Crippen LogP contribution in [0, 0.1) is 0 Å². The van der Waals surface area contributed by atoms with Crippen molar-refractivity contribution in [3.05, 3.63) is 51.3 Å². The highest BCUT2D eigenvalue weighted by Crippen LogP contribution is 2.30. The highest BCUT2D eigenvalue weighted by atomic mass is 35.5. The van der Waals surface area contributed by atoms with Crippen molar-refractivity contribution in [1.82, 2.24) is 10.3 Å². The Morgan fingerprint density at radius 3 is 2.76 bits per heavy atom. The van der Waals surface area contributed by atoms with Gasteiger partial charge in [-0.2, -0.15) is 0 Å². The summed E-state index contributed by atoms with van der Waals surface area (Å²) in [6.07, 6.45) is 1.04. The maximum Gasteiger partial charge on any atom is 0.252 e. The number of hydrogen-bond donors (Lipinski definition) is 2. The van der Waals surface area contributed by atoms with Crippen molar-refractivity contribution in [3.63, 3.8) is 0 Å². The predicted octanol–water partition coefficient (Wildman–Crippen LogP) is 3.20. The molecule has 0 spiro atoms. The van der Waals surface area contributed by atoms with Crippen LogP contribution < -0.4 is 15.6 Å². The molecule has 0 aliphatic rings. The Morgan fingerprint density at radius 2 is 2.10 bits per heavy atom. The summed E-state index contributed by atoms with van der Waals surface area (Å²) in [6.45, 7) is 3.55. The lowest BCUT2D eigenvalue weighted by Gasteiger charge is -2.10. The third kappa shape index (κ3) is 3.86. The minimum atomic E-state index is -0.0990. The third-order valence-electron chi connectivity index (χ3n) is 3.18. The van der Waals surface area contributed by atoms with Gasteiger partial charge in [0.2, 0.25) is 0 Å². The van der Waals surface area contributed by atoms with Crippen LogP contribution in [-0.2, 0) is 6.54 Å². The minimum absolute atomic E-state index is 0.0990. The van der Waals surface area contributed by atoms with Gasteiger partial charge in [-0.05, 0) is 37.2 Å². The molecule has 2 N–H and O–H groups in total. The van der Waals surface area contributed by atoms with Gasteiger partial charge in [0, 0.05) is 22.7 Å². The lowest BCUT2D eigenvalue weighted by molar-refractivity contribution is 0.416. The smallest absolute Gasteiger partial charge is 0.252 e. The third-order valence-corrected chi connectivity index (χ3v) is 3.42. The Bertz CT molecular complexity index is 668. The lowest BCUT2D eigenvalue weighted by atomic mass is 10.1. The molecule has 1 heterocycles. The summed E-state index contributed by atoms with van der Waals surface area (Å²) in [6, 6.07) is 9.02. The number of benzene rings is 1. The number of pyridine rings is 1. The quantitative estimate of drug-likeness (QED) is 0.806. The fourth-order valence-electron chi connectivity index (χ4n) is 2.09. The van der Waals surface area contributed by atoms with E-state index in [4.69, 9.17) is 16.3 Å². The average Bonchev–Trinajstić information content (AvgIpc) is 2.49. The molecule has 0 bridgehead atoms. The van der Waals surface area contributed by atoms with E-state index in [0.717, 1.165) is 18.5 Å². The van der Waals surface area contributed by atoms with E-state index in [1.54, 1.807) is 25.3 Å². The Hall–Kier alpha value is -1.78. The summed E-state index contributed by atoms with van der Waals surface area (Å²) in [5, 5.41) is 3.81. The van der Waals surface area contributed by atoms with Gasteiger partial charge in [-0.3, -0.25) is 4.79 Å². The molecule has 0 unspecified atom stereocenters. The first-order chi connectivity index (χ1) is 10.2. The van der Waals surface area contributed by atoms with E-state index in [-0.39, 0.29) is 5.56 Å². The SMILES string of the molecule is CCCNCc1ccc(-c2cc(Cl)ccc2OC)[nH]c1=O. The van der Waals surface area contributed by atoms with Crippen LogP contribution >= 0.6 is 11.6 Å². The summed E-state index contributed by atoms with van der Waals surface area (Å²) >= 11 is 6.02. The largest absolute Gasteiger partial charge is 0.496 e. The lowest BCUT2D eigenvalue weighted by Crippen LogP contribution is -2.21. The van der Waals surface area contributed by atoms with E-state index >= 15 is 0 Å². The van der Waals surface area contributed by atoms with Gasteiger partial charge >= 0.3 is 0 Å². The molecule has 0 aliphatic heterocycles. The number of nitrogens with one attached hydrogen (secondary N) is 2. The maximum absolute atomic E-state index is 12.1. The average molecular weight is 307 g/mol. The standard InChI is InChI=1S/C16H19ClN2O2/c1-3-8-18-10-11-4-6-14(19-16(11)20)13-9-12(17)5-7-15(13)21-2/h4-7,9,18H,3,8,10H2,1-2H3,(H,19,20). The molecule has 0 atom stereocenters. The van der Waals surface area contributed by atoms with E-state index in [1.165, 1.54) is 0 Å². The highest BCUT2D eigenvalue weighted by molar-refractivity contribution is 6.30. The first-order valence-electron chi connectivity index (χ1n) is 6.92. The number of halogens is 1. The monoisotopic (exact) mass is 306 g/mol. The molecule has 2 rings (SSSR count). The van der Waals surface area contributed by atoms with Crippen molar-refractivity contribution in [2.24, 2.45) is 0 Å². The molecule has 2 aromatic rings. The van der Waals surface area contributed by atoms with Gasteiger partial charge in [0.05, 0.1) is 12.8 Å². The first-order valence-corrected chi connectivity index (χ1v) is 7.30. The minimum Gasteiger partial charge on any atom is -0.496 e. The molecule has 0 saturated heterocycles. The van der Waals surface area contributed by atoms with Gasteiger partial charge < -0.3 is 15.0 Å². The molecule has 0 aliphatic carbocycles. The van der Waals surface area contributed by atoms with Crippen molar-refractivity contribution in [1.29, 1.82) is 0 Å². The second-order valence-electron chi connectivity index (χ2n) is 4.75. The topological polar surface area (TPSA) is 54.1 Å². The molecule has 1 aromatic heterocycles. The zero-order valence-corrected chi connectivity index (χ0v) is 13.0. The van der Waals surface area contributed by atoms with Crippen molar-refractivity contribution in [3.8, 4) is 17.0 Å². The second-order valence-corrected chi connectivity index (χ2v) is 5.18. The van der Waals surface area contributed by atoms with Gasteiger partial charge in [0.25, 0.3) is 5.56 Å². The number of hydrogen-bond acceptors (Lipinski definition) is 3. The van der Waals surface area contributed by atoms with Gasteiger partial charge in [-0.1, -0.05) is 24.6 Å². The summed E-state index contributed by atoms with van der Waals surface area (Å²) in [5.41, 5.74) is 2.08. The molecular weight excluding hydrogens is 288 g/mol. The maximum atomic E-state index is 12.1. The van der Waals surface area contributed by atoms with Crippen LogP contribution in [0.5, 0.6) is 5.75 Å². The zero-order valence-electron chi connectivity index (χ0n) is 12.2. The summed E-state index contributed by atoms with van der Waals surface area (Å²) in [7, 11) is 1.59. The number of aromatic amines is 1. The van der Waals surface area contributed by atoms with Crippen LogP contribution in [0.25, 0.3) is 11.3 Å². The van der Waals surface area contributed by atoms with E-state index in [0.29, 0.717) is 28.6 Å². The molecule has 0 fully saturated rings. The first kappa shape index (κ1) is 15.6. The predicted molar refractivity (Wildman–Crippen MR) is 86.1 cm³/mol. The summed E-state index contributed by atoms with van der Waals surface area (Å²) < 4.78 is 5.31. The fraction of sp³-hybridized carbons (Fsp3) is 0.312. The van der Waals surface area contributed by atoms with Gasteiger partial charge in [-0.25, -0.2) is 0 Å². The summed E-state index contributed by atoms with van der Waals surface area (Å²) in [4.78, 5) is 15.0. The van der Waals surface area contributed by atoms with Crippen molar-refractivity contribution >= 4 is 11.6 Å². The number of H-pyrrole nitrogens is 1. The summed E-state index contributed by atoms with van der Waals surface area (Å²) in [5.74, 6) is 0.673. The molecule has 0 radical (unpaired) electrons. The van der Waals surface area contributed by atoms with Crippen LogP contribution in [0.15, 0.2) is 35.1 Å². The van der Waals surface area contributed by atoms with Crippen LogP contribution in [0.1, 0.15) is 18.9 Å². The molecule has 0 saturated carbocycles. The Labute approximate surface area is 129 Å². The van der Waals surface area contributed by atoms with Crippen molar-refractivity contribution in [2.75, 3.05) is 13.7 Å². The van der Waals surface area contributed by atoms with E-state index in [1.807, 2.05) is 12.1 Å². The fourth-order valence-corrected chi connectivity index (χ4v) is 2.26. The van der Waals surface area contributed by atoms with E-state index in [2.05, 4.69) is 17.2 Å². The van der Waals surface area contributed by atoms with Crippen LogP contribution in [0.2, 0.25) is 5.02 Å². The number of ether oxygens (including phenoxy) is 1. The number of aromatic nitrogens is 1. The normalized spacial score (nSPS) is 10.6. The highest BCUT2D eigenvalue weighted by Gasteiger charge is 2.09. The van der Waals surface area contributed by atoms with Crippen molar-refractivity contribution < 1.29 is 4.74 Å². The molecule has 4 nitrogen and oxygen atoms in total. The van der Waals surface area contributed by atoms with E-state index < -0.39 is 0 Å². The van der Waals surface area contributed by atoms with Gasteiger partial charge in [-0.15, -0.1) is 0 Å². The zero-order chi connectivity index (χ0) is 15.2. The Morgan fingerprint density at radius 1 is 1.29 bits per heavy atom. The molecule has 1 aromatic carbocycles. The van der Waals surface area contributed by atoms with Crippen LogP contribution in [0.3, 0.4) is 0 Å². The number of methoxy groups -OCH3 is 1. The second kappa shape index (κ2) is 7.29. The number of rotatable bonds is 6. The van der Waals surface area contributed by atoms with Crippen LogP contribution in [-0.4, -0.2) is 18.6 Å². The van der Waals surface area contributed by atoms with Gasteiger partial charge in [0.1, 0.15) is 5.75 Å². The van der Waals surface area contributed by atoms with Crippen LogP contribution in [0.4, 0.5) is 0 Å². The molecule has 112 valence electrons. The Balaban J connectivity index is 2.32. The molecule has 5 heteroatoms. The molecule has 21 heavy (non-hydrogen) atoms. The molecular formula is C16H19ClN2O2.